The molecule has 0 spiro atoms. The lowest BCUT2D eigenvalue weighted by Gasteiger charge is -2.10. The Hall–Kier alpha value is -4.64. The normalized spacial score (nSPS) is 11.7. The van der Waals surface area contributed by atoms with Gasteiger partial charge in [0.15, 0.2) is 5.11 Å². The first-order chi connectivity index (χ1) is 18.3. The number of benzene rings is 4. The van der Waals surface area contributed by atoms with E-state index in [1.807, 2.05) is 54.6 Å². The Kier molecular flexibility index (Phi) is 6.84. The standard InChI is InChI=1S/C27H20F3N5O2S/c1-36-24-5-3-2-4-22(24)33-26(38)34-32-15-17-6-12-21-18(14-17)7-13-23-25(21)31-16-35(23)19-8-10-20(11-9-19)37-27(28,29)30/h2-16H,1H3,(H2,33,34,38). The number of anilines is 1. The number of para-hydroxylation sites is 2. The van der Waals surface area contributed by atoms with Crippen LogP contribution in [-0.2, 0) is 0 Å². The van der Waals surface area contributed by atoms with E-state index in [-0.39, 0.29) is 5.75 Å². The molecule has 0 atom stereocenters. The summed E-state index contributed by atoms with van der Waals surface area (Å²) in [7, 11) is 1.58. The number of hydrogen-bond acceptors (Lipinski definition) is 5. The van der Waals surface area contributed by atoms with Gasteiger partial charge in [0.2, 0.25) is 0 Å². The molecule has 5 rings (SSSR count). The van der Waals surface area contributed by atoms with Crippen molar-refractivity contribution in [3.05, 3.63) is 90.8 Å². The average Bonchev–Trinajstić information content (AvgIpc) is 3.33. The van der Waals surface area contributed by atoms with Gasteiger partial charge in [-0.3, -0.25) is 9.99 Å². The maximum Gasteiger partial charge on any atom is 0.573 e. The van der Waals surface area contributed by atoms with Gasteiger partial charge in [0.25, 0.3) is 0 Å². The number of halogens is 3. The molecule has 4 aromatic carbocycles. The predicted octanol–water partition coefficient (Wildman–Crippen LogP) is 6.41. The minimum atomic E-state index is -4.74. The smallest absolute Gasteiger partial charge is 0.495 e. The second-order valence-corrected chi connectivity index (χ2v) is 8.50. The highest BCUT2D eigenvalue weighted by molar-refractivity contribution is 7.80. The summed E-state index contributed by atoms with van der Waals surface area (Å²) in [6, 6.07) is 22.7. The van der Waals surface area contributed by atoms with Crippen LogP contribution in [0.1, 0.15) is 5.56 Å². The Balaban J connectivity index is 1.31. The van der Waals surface area contributed by atoms with Crippen LogP contribution in [0.25, 0.3) is 27.5 Å². The highest BCUT2D eigenvalue weighted by atomic mass is 32.1. The number of methoxy groups -OCH3 is 1. The van der Waals surface area contributed by atoms with E-state index < -0.39 is 6.36 Å². The zero-order valence-corrected chi connectivity index (χ0v) is 20.7. The first-order valence-electron chi connectivity index (χ1n) is 11.3. The number of hydrogen-bond donors (Lipinski definition) is 2. The maximum absolute atomic E-state index is 12.4. The fourth-order valence-electron chi connectivity index (χ4n) is 3.99. The lowest BCUT2D eigenvalue weighted by molar-refractivity contribution is -0.274. The van der Waals surface area contributed by atoms with Crippen LogP contribution in [0.15, 0.2) is 90.3 Å². The highest BCUT2D eigenvalue weighted by Gasteiger charge is 2.31. The van der Waals surface area contributed by atoms with E-state index >= 15 is 0 Å². The molecule has 11 heteroatoms. The molecule has 0 unspecified atom stereocenters. The molecule has 0 aliphatic heterocycles. The molecule has 1 heterocycles. The van der Waals surface area contributed by atoms with Crippen molar-refractivity contribution in [2.24, 2.45) is 5.10 Å². The third-order valence-electron chi connectivity index (χ3n) is 5.64. The van der Waals surface area contributed by atoms with Crippen molar-refractivity contribution in [3.8, 4) is 17.2 Å². The van der Waals surface area contributed by atoms with Crippen LogP contribution in [0.4, 0.5) is 18.9 Å². The molecule has 0 aliphatic rings. The number of nitrogens with one attached hydrogen (secondary N) is 2. The SMILES string of the molecule is COc1ccccc1NC(=S)NN=Cc1ccc2c(ccc3c2ncn3-c2ccc(OC(F)(F)F)cc2)c1. The van der Waals surface area contributed by atoms with E-state index in [0.717, 1.165) is 33.1 Å². The Morgan fingerprint density at radius 2 is 1.82 bits per heavy atom. The fourth-order valence-corrected chi connectivity index (χ4v) is 4.15. The number of imidazole rings is 1. The van der Waals surface area contributed by atoms with Gasteiger partial charge >= 0.3 is 6.36 Å². The van der Waals surface area contributed by atoms with Gasteiger partial charge in [-0.2, -0.15) is 5.10 Å². The first-order valence-corrected chi connectivity index (χ1v) is 11.7. The Bertz CT molecular complexity index is 1650. The topological polar surface area (TPSA) is 72.7 Å². The number of thiocarbonyl (C=S) groups is 1. The van der Waals surface area contributed by atoms with Crippen molar-refractivity contribution in [2.75, 3.05) is 12.4 Å². The monoisotopic (exact) mass is 535 g/mol. The molecule has 0 radical (unpaired) electrons. The second-order valence-electron chi connectivity index (χ2n) is 8.09. The Labute approximate surface area is 220 Å². The third-order valence-corrected chi connectivity index (χ3v) is 5.83. The van der Waals surface area contributed by atoms with Crippen molar-refractivity contribution in [1.29, 1.82) is 0 Å². The van der Waals surface area contributed by atoms with E-state index in [9.17, 15) is 13.2 Å². The summed E-state index contributed by atoms with van der Waals surface area (Å²) in [6.07, 6.45) is -1.44. The van der Waals surface area contributed by atoms with E-state index in [0.29, 0.717) is 16.5 Å². The van der Waals surface area contributed by atoms with Gasteiger partial charge in [0.05, 0.1) is 30.0 Å². The highest BCUT2D eigenvalue weighted by Crippen LogP contribution is 2.29. The van der Waals surface area contributed by atoms with E-state index in [1.54, 1.807) is 36.4 Å². The molecule has 0 bridgehead atoms. The maximum atomic E-state index is 12.4. The zero-order valence-electron chi connectivity index (χ0n) is 19.9. The van der Waals surface area contributed by atoms with E-state index in [4.69, 9.17) is 17.0 Å². The summed E-state index contributed by atoms with van der Waals surface area (Å²) in [4.78, 5) is 4.54. The molecule has 7 nitrogen and oxygen atoms in total. The van der Waals surface area contributed by atoms with Gasteiger partial charge in [-0.25, -0.2) is 4.98 Å². The summed E-state index contributed by atoms with van der Waals surface area (Å²) in [5.41, 5.74) is 6.61. The zero-order chi connectivity index (χ0) is 26.7. The molecule has 0 aliphatic carbocycles. The van der Waals surface area contributed by atoms with Crippen LogP contribution < -0.4 is 20.2 Å². The molecule has 0 amide bonds. The number of aromatic nitrogens is 2. The molecule has 192 valence electrons. The summed E-state index contributed by atoms with van der Waals surface area (Å²) in [5, 5.41) is 9.45. The van der Waals surface area contributed by atoms with Gasteiger partial charge in [-0.1, -0.05) is 30.3 Å². The average molecular weight is 536 g/mol. The van der Waals surface area contributed by atoms with Crippen molar-refractivity contribution in [2.45, 2.75) is 6.36 Å². The van der Waals surface area contributed by atoms with Gasteiger partial charge < -0.3 is 14.8 Å². The minimum absolute atomic E-state index is 0.281. The van der Waals surface area contributed by atoms with Gasteiger partial charge in [0, 0.05) is 11.1 Å². The second kappa shape index (κ2) is 10.4. The number of fused-ring (bicyclic) bond motifs is 3. The van der Waals surface area contributed by atoms with Crippen molar-refractivity contribution >= 4 is 51.0 Å². The summed E-state index contributed by atoms with van der Waals surface area (Å²) >= 11 is 5.30. The predicted molar refractivity (Wildman–Crippen MR) is 145 cm³/mol. The minimum Gasteiger partial charge on any atom is -0.495 e. The van der Waals surface area contributed by atoms with Crippen LogP contribution in [0.3, 0.4) is 0 Å². The van der Waals surface area contributed by atoms with Crippen LogP contribution in [-0.4, -0.2) is 34.4 Å². The lowest BCUT2D eigenvalue weighted by Crippen LogP contribution is -2.24. The largest absolute Gasteiger partial charge is 0.573 e. The van der Waals surface area contributed by atoms with Crippen LogP contribution in [0, 0.1) is 0 Å². The fraction of sp³-hybridized carbons (Fsp3) is 0.0741. The molecular formula is C27H20F3N5O2S. The van der Waals surface area contributed by atoms with Crippen LogP contribution in [0.2, 0.25) is 0 Å². The summed E-state index contributed by atoms with van der Waals surface area (Å²) in [6.45, 7) is 0. The number of ether oxygens (including phenoxy) is 2. The molecule has 2 N–H and O–H groups in total. The van der Waals surface area contributed by atoms with Gasteiger partial charge in [0.1, 0.15) is 17.8 Å². The quantitative estimate of drug-likeness (QED) is 0.149. The lowest BCUT2D eigenvalue weighted by atomic mass is 10.1. The molecule has 0 saturated heterocycles. The number of rotatable bonds is 6. The van der Waals surface area contributed by atoms with E-state index in [2.05, 4.69) is 25.6 Å². The number of hydrazone groups is 1. The molecule has 5 aromatic rings. The molecular weight excluding hydrogens is 515 g/mol. The van der Waals surface area contributed by atoms with Crippen LogP contribution in [0.5, 0.6) is 11.5 Å². The van der Waals surface area contributed by atoms with Gasteiger partial charge in [-0.15, -0.1) is 13.2 Å². The number of nitrogens with zero attached hydrogens (tertiary/aromatic N) is 3. The summed E-state index contributed by atoms with van der Waals surface area (Å²) in [5.74, 6) is 0.382. The molecule has 0 fully saturated rings. The molecule has 0 saturated carbocycles. The van der Waals surface area contributed by atoms with Crippen molar-refractivity contribution in [1.82, 2.24) is 15.0 Å². The molecule has 1 aromatic heterocycles. The van der Waals surface area contributed by atoms with Crippen molar-refractivity contribution in [3.63, 3.8) is 0 Å². The van der Waals surface area contributed by atoms with Gasteiger partial charge in [-0.05, 0) is 71.7 Å². The molecule has 38 heavy (non-hydrogen) atoms. The number of alkyl halides is 3. The van der Waals surface area contributed by atoms with E-state index in [1.165, 1.54) is 12.1 Å². The first kappa shape index (κ1) is 25.0. The summed E-state index contributed by atoms with van der Waals surface area (Å²) < 4.78 is 48.4. The Morgan fingerprint density at radius 1 is 1.03 bits per heavy atom. The van der Waals surface area contributed by atoms with Crippen molar-refractivity contribution < 1.29 is 22.6 Å². The third kappa shape index (κ3) is 5.52. The Morgan fingerprint density at radius 3 is 2.58 bits per heavy atom. The van der Waals surface area contributed by atoms with Crippen LogP contribution >= 0.6 is 12.2 Å².